The zero-order valence-corrected chi connectivity index (χ0v) is 12.4. The Hall–Kier alpha value is 0. The number of hydrogen-bond donors (Lipinski definition) is 0. The Kier molecular flexibility index (Phi) is 1.17. The lowest BCUT2D eigenvalue weighted by atomic mass is 8.92. The highest BCUT2D eigenvalue weighted by Gasteiger charge is 3.08. The maximum Gasteiger partial charge on any atom is -0.0131 e. The van der Waals surface area contributed by atoms with E-state index in [0.717, 1.165) is 22.2 Å². The highest BCUT2D eigenvalue weighted by atomic mass is 15.1. The third-order valence-electron chi connectivity index (χ3n) is 10.8. The van der Waals surface area contributed by atoms with Gasteiger partial charge in [-0.25, -0.2) is 0 Å². The normalized spacial score (nSPS) is 79.6. The Labute approximate surface area is 116 Å². The summed E-state index contributed by atoms with van der Waals surface area (Å²) in [5.74, 6) is 9.84. The van der Waals surface area contributed by atoms with Gasteiger partial charge in [-0.1, -0.05) is 26.7 Å². The summed E-state index contributed by atoms with van der Waals surface area (Å²) >= 11 is 0. The SMILES string of the molecule is CCCC(C)C12CCC3C4CC5C6CC1C61C2C3C451. The van der Waals surface area contributed by atoms with Gasteiger partial charge >= 0.3 is 0 Å². The molecule has 0 aromatic carbocycles. The molecule has 7 aliphatic rings. The summed E-state index contributed by atoms with van der Waals surface area (Å²) in [5, 5.41) is 0. The van der Waals surface area contributed by atoms with Crippen molar-refractivity contribution in [3.63, 3.8) is 0 Å². The van der Waals surface area contributed by atoms with Crippen molar-refractivity contribution in [3.8, 4) is 0 Å². The average molecular weight is 254 g/mol. The molecule has 0 N–H and O–H groups in total. The number of rotatable bonds is 3. The molecule has 7 saturated carbocycles. The Morgan fingerprint density at radius 3 is 2.79 bits per heavy atom. The van der Waals surface area contributed by atoms with Gasteiger partial charge in [0.15, 0.2) is 0 Å². The summed E-state index contributed by atoms with van der Waals surface area (Å²) in [4.78, 5) is 0. The fourth-order valence-electron chi connectivity index (χ4n) is 11.2. The molecule has 7 aliphatic carbocycles. The molecule has 0 nitrogen and oxygen atoms in total. The molecule has 0 heterocycles. The molecule has 0 amide bonds. The van der Waals surface area contributed by atoms with Gasteiger partial charge in [0.05, 0.1) is 0 Å². The van der Waals surface area contributed by atoms with Crippen molar-refractivity contribution in [1.82, 2.24) is 0 Å². The van der Waals surface area contributed by atoms with E-state index < -0.39 is 0 Å². The zero-order valence-electron chi connectivity index (χ0n) is 12.4. The second-order valence-corrected chi connectivity index (χ2v) is 9.72. The third-order valence-corrected chi connectivity index (χ3v) is 10.8. The topological polar surface area (TPSA) is 0 Å². The Balaban J connectivity index is 1.39. The zero-order chi connectivity index (χ0) is 12.4. The van der Waals surface area contributed by atoms with E-state index in [2.05, 4.69) is 13.8 Å². The third kappa shape index (κ3) is 0.500. The van der Waals surface area contributed by atoms with E-state index >= 15 is 0 Å². The number of hydrogen-bond acceptors (Lipinski definition) is 0. The van der Waals surface area contributed by atoms with Crippen molar-refractivity contribution in [2.75, 3.05) is 0 Å². The summed E-state index contributed by atoms with van der Waals surface area (Å²) in [6.07, 6.45) is 9.60. The van der Waals surface area contributed by atoms with Crippen molar-refractivity contribution in [2.45, 2.75) is 52.4 Å². The van der Waals surface area contributed by atoms with E-state index in [0.29, 0.717) is 0 Å². The second-order valence-electron chi connectivity index (χ2n) is 9.72. The molecule has 0 radical (unpaired) electrons. The van der Waals surface area contributed by atoms with Crippen LogP contribution in [-0.2, 0) is 0 Å². The lowest BCUT2D eigenvalue weighted by Gasteiger charge is -3.12. The van der Waals surface area contributed by atoms with E-state index in [-0.39, 0.29) is 0 Å². The first kappa shape index (κ1) is 9.85. The van der Waals surface area contributed by atoms with Gasteiger partial charge in [-0.05, 0) is 89.3 Å². The summed E-state index contributed by atoms with van der Waals surface area (Å²) in [6, 6.07) is 0. The lowest BCUT2D eigenvalue weighted by Crippen LogP contribution is -3.08. The Bertz CT molecular complexity index is 536. The van der Waals surface area contributed by atoms with Gasteiger partial charge in [-0.3, -0.25) is 0 Å². The predicted molar refractivity (Wildman–Crippen MR) is 74.3 cm³/mol. The number of fused-ring (bicyclic) bond motifs is 3. The molecular weight excluding hydrogens is 228 g/mol. The molecule has 19 heavy (non-hydrogen) atoms. The van der Waals surface area contributed by atoms with Crippen LogP contribution in [0.25, 0.3) is 0 Å². The van der Waals surface area contributed by atoms with Crippen LogP contribution < -0.4 is 0 Å². The molecule has 0 bridgehead atoms. The van der Waals surface area contributed by atoms with Gasteiger partial charge in [-0.15, -0.1) is 0 Å². The molecule has 102 valence electrons. The Morgan fingerprint density at radius 2 is 1.95 bits per heavy atom. The highest BCUT2D eigenvalue weighted by Crippen LogP contribution is 3.12. The summed E-state index contributed by atoms with van der Waals surface area (Å²) in [6.45, 7) is 5.05. The first-order valence-corrected chi connectivity index (χ1v) is 9.27. The van der Waals surface area contributed by atoms with E-state index in [1.54, 1.807) is 25.7 Å². The predicted octanol–water partition coefficient (Wildman–Crippen LogP) is 4.35. The van der Waals surface area contributed by atoms with Gasteiger partial charge in [-0.2, -0.15) is 0 Å². The van der Waals surface area contributed by atoms with Crippen LogP contribution in [0.2, 0.25) is 0 Å². The standard InChI is InChI=1S/C19H26/c1-3-4-9(2)17-6-5-10-11-7-12-13-8-14(17)19(13)16(17)15(10)18(11,12)19/h9-16H,3-8H2,1-2H3. The minimum Gasteiger partial charge on any atom is -0.0654 e. The van der Waals surface area contributed by atoms with Gasteiger partial charge in [0, 0.05) is 0 Å². The van der Waals surface area contributed by atoms with Gasteiger partial charge in [0.2, 0.25) is 0 Å². The largest absolute Gasteiger partial charge is 0.0654 e. The molecule has 0 aromatic heterocycles. The van der Waals surface area contributed by atoms with Crippen LogP contribution in [0.15, 0.2) is 0 Å². The molecule has 0 aromatic rings. The van der Waals surface area contributed by atoms with E-state index in [4.69, 9.17) is 0 Å². The monoisotopic (exact) mass is 254 g/mol. The first-order valence-electron chi connectivity index (χ1n) is 9.27. The van der Waals surface area contributed by atoms with Crippen molar-refractivity contribution in [1.29, 1.82) is 0 Å². The molecule has 7 fully saturated rings. The van der Waals surface area contributed by atoms with Crippen LogP contribution >= 0.6 is 0 Å². The molecule has 7 rings (SSSR count). The summed E-state index contributed by atoms with van der Waals surface area (Å²) < 4.78 is 0. The first-order chi connectivity index (χ1) is 9.27. The minimum absolute atomic E-state index is 0.879. The molecule has 11 unspecified atom stereocenters. The maximum atomic E-state index is 2.64. The van der Waals surface area contributed by atoms with Gasteiger partial charge in [0.25, 0.3) is 0 Å². The molecule has 2 spiro atoms. The molecule has 11 atom stereocenters. The lowest BCUT2D eigenvalue weighted by molar-refractivity contribution is -0.655. The van der Waals surface area contributed by atoms with Crippen LogP contribution in [0.1, 0.15) is 52.4 Å². The smallest absolute Gasteiger partial charge is 0.0131 e. The fourth-order valence-corrected chi connectivity index (χ4v) is 11.2. The van der Waals surface area contributed by atoms with Crippen molar-refractivity contribution < 1.29 is 0 Å². The summed E-state index contributed by atoms with van der Waals surface area (Å²) in [5.41, 5.74) is 2.93. The van der Waals surface area contributed by atoms with Crippen LogP contribution in [0.5, 0.6) is 0 Å². The highest BCUT2D eigenvalue weighted by molar-refractivity contribution is 5.55. The molecule has 0 heteroatoms. The van der Waals surface area contributed by atoms with Crippen LogP contribution in [0.3, 0.4) is 0 Å². The van der Waals surface area contributed by atoms with E-state index in [9.17, 15) is 0 Å². The van der Waals surface area contributed by atoms with Crippen LogP contribution in [-0.4, -0.2) is 0 Å². The van der Waals surface area contributed by atoms with Gasteiger partial charge in [0.1, 0.15) is 0 Å². The molecule has 0 saturated heterocycles. The quantitative estimate of drug-likeness (QED) is 0.702. The minimum atomic E-state index is 0.879. The van der Waals surface area contributed by atoms with Crippen molar-refractivity contribution in [3.05, 3.63) is 0 Å². The van der Waals surface area contributed by atoms with E-state index in [1.165, 1.54) is 54.3 Å². The fraction of sp³-hybridized carbons (Fsp3) is 1.00. The average Bonchev–Trinajstić information content (AvgIpc) is 2.33. The molecular formula is C19H26. The van der Waals surface area contributed by atoms with Crippen LogP contribution in [0.4, 0.5) is 0 Å². The van der Waals surface area contributed by atoms with Crippen molar-refractivity contribution >= 4 is 0 Å². The van der Waals surface area contributed by atoms with Crippen molar-refractivity contribution in [2.24, 2.45) is 63.6 Å². The maximum absolute atomic E-state index is 2.64. The van der Waals surface area contributed by atoms with E-state index in [1.807, 2.05) is 0 Å². The Morgan fingerprint density at radius 1 is 1.11 bits per heavy atom. The summed E-state index contributed by atoms with van der Waals surface area (Å²) in [7, 11) is 0. The molecule has 0 aliphatic heterocycles. The second kappa shape index (κ2) is 2.26. The van der Waals surface area contributed by atoms with Gasteiger partial charge < -0.3 is 0 Å². The van der Waals surface area contributed by atoms with Crippen LogP contribution in [0, 0.1) is 63.6 Å².